The van der Waals surface area contributed by atoms with Crippen LogP contribution in [0.2, 0.25) is 0 Å². The summed E-state index contributed by atoms with van der Waals surface area (Å²) in [4.78, 5) is 13.3. The summed E-state index contributed by atoms with van der Waals surface area (Å²) in [5.41, 5.74) is 3.02. The predicted octanol–water partition coefficient (Wildman–Crippen LogP) is 3.19. The highest BCUT2D eigenvalue weighted by atomic mass is 19.1. The second-order valence-electron chi connectivity index (χ2n) is 4.94. The SMILES string of the molecule is CCC1CC(=CC(=O)N(C)C)c2cc(F)ccc21. The van der Waals surface area contributed by atoms with Crippen LogP contribution in [0, 0.1) is 5.82 Å². The first-order chi connectivity index (χ1) is 8.52. The van der Waals surface area contributed by atoms with Crippen LogP contribution in [0.1, 0.15) is 36.8 Å². The van der Waals surface area contributed by atoms with E-state index in [0.717, 1.165) is 29.5 Å². The van der Waals surface area contributed by atoms with Crippen molar-refractivity contribution in [2.45, 2.75) is 25.7 Å². The first-order valence-corrected chi connectivity index (χ1v) is 6.24. The Bertz CT molecular complexity index is 505. The number of fused-ring (bicyclic) bond motifs is 1. The van der Waals surface area contributed by atoms with Gasteiger partial charge in [-0.25, -0.2) is 4.39 Å². The van der Waals surface area contributed by atoms with Gasteiger partial charge in [-0.15, -0.1) is 0 Å². The van der Waals surface area contributed by atoms with Gasteiger partial charge in [0, 0.05) is 20.2 Å². The smallest absolute Gasteiger partial charge is 0.246 e. The molecule has 1 amide bonds. The van der Waals surface area contributed by atoms with Gasteiger partial charge in [-0.2, -0.15) is 0 Å². The molecule has 0 aliphatic heterocycles. The van der Waals surface area contributed by atoms with E-state index in [-0.39, 0.29) is 11.7 Å². The van der Waals surface area contributed by atoms with Crippen molar-refractivity contribution in [3.63, 3.8) is 0 Å². The summed E-state index contributed by atoms with van der Waals surface area (Å²) in [5.74, 6) is 0.118. The summed E-state index contributed by atoms with van der Waals surface area (Å²) in [5, 5.41) is 0. The topological polar surface area (TPSA) is 20.3 Å². The summed E-state index contributed by atoms with van der Waals surface area (Å²) in [7, 11) is 3.44. The third kappa shape index (κ3) is 2.30. The summed E-state index contributed by atoms with van der Waals surface area (Å²) >= 11 is 0. The lowest BCUT2D eigenvalue weighted by Gasteiger charge is -2.07. The molecule has 1 aliphatic carbocycles. The van der Waals surface area contributed by atoms with Crippen LogP contribution < -0.4 is 0 Å². The van der Waals surface area contributed by atoms with Crippen molar-refractivity contribution in [2.24, 2.45) is 0 Å². The lowest BCUT2D eigenvalue weighted by molar-refractivity contribution is -0.123. The highest BCUT2D eigenvalue weighted by Gasteiger charge is 2.26. The Balaban J connectivity index is 2.43. The Labute approximate surface area is 107 Å². The molecule has 0 N–H and O–H groups in total. The molecule has 0 fully saturated rings. The minimum atomic E-state index is -0.242. The molecule has 18 heavy (non-hydrogen) atoms. The summed E-state index contributed by atoms with van der Waals surface area (Å²) < 4.78 is 13.3. The van der Waals surface area contributed by atoms with Crippen molar-refractivity contribution in [1.82, 2.24) is 4.90 Å². The van der Waals surface area contributed by atoms with Gasteiger partial charge >= 0.3 is 0 Å². The number of allylic oxidation sites excluding steroid dienone is 1. The Morgan fingerprint density at radius 3 is 2.83 bits per heavy atom. The second-order valence-corrected chi connectivity index (χ2v) is 4.94. The van der Waals surface area contributed by atoms with E-state index in [1.807, 2.05) is 6.07 Å². The van der Waals surface area contributed by atoms with Gasteiger partial charge in [-0.1, -0.05) is 13.0 Å². The van der Waals surface area contributed by atoms with Crippen LogP contribution in [0.5, 0.6) is 0 Å². The molecule has 1 aromatic rings. The highest BCUT2D eigenvalue weighted by molar-refractivity contribution is 5.96. The molecule has 0 aromatic heterocycles. The molecule has 96 valence electrons. The number of rotatable bonds is 2. The van der Waals surface area contributed by atoms with Crippen molar-refractivity contribution < 1.29 is 9.18 Å². The number of carbonyl (C=O) groups is 1. The van der Waals surface area contributed by atoms with Crippen molar-refractivity contribution in [1.29, 1.82) is 0 Å². The van der Waals surface area contributed by atoms with Crippen LogP contribution in [0.25, 0.3) is 5.57 Å². The van der Waals surface area contributed by atoms with E-state index in [2.05, 4.69) is 6.92 Å². The molecular weight excluding hydrogens is 229 g/mol. The maximum Gasteiger partial charge on any atom is 0.246 e. The van der Waals surface area contributed by atoms with Crippen molar-refractivity contribution in [2.75, 3.05) is 14.1 Å². The summed E-state index contributed by atoms with van der Waals surface area (Å²) in [6.07, 6.45) is 3.47. The zero-order chi connectivity index (χ0) is 13.3. The van der Waals surface area contributed by atoms with Crippen molar-refractivity contribution in [3.05, 3.63) is 41.2 Å². The Hall–Kier alpha value is -1.64. The normalized spacial score (nSPS) is 20.0. The predicted molar refractivity (Wildman–Crippen MR) is 70.7 cm³/mol. The van der Waals surface area contributed by atoms with E-state index in [1.54, 1.807) is 26.2 Å². The zero-order valence-electron chi connectivity index (χ0n) is 11.0. The van der Waals surface area contributed by atoms with Crippen LogP contribution in [-0.4, -0.2) is 24.9 Å². The zero-order valence-corrected chi connectivity index (χ0v) is 11.0. The fourth-order valence-electron chi connectivity index (χ4n) is 2.43. The first-order valence-electron chi connectivity index (χ1n) is 6.24. The Morgan fingerprint density at radius 1 is 1.50 bits per heavy atom. The number of carbonyl (C=O) groups excluding carboxylic acids is 1. The number of halogens is 1. The fourth-order valence-corrected chi connectivity index (χ4v) is 2.43. The Kier molecular flexibility index (Phi) is 3.50. The number of hydrogen-bond donors (Lipinski definition) is 0. The van der Waals surface area contributed by atoms with E-state index in [1.165, 1.54) is 11.0 Å². The second kappa shape index (κ2) is 4.92. The van der Waals surface area contributed by atoms with Crippen LogP contribution in [0.15, 0.2) is 24.3 Å². The minimum absolute atomic E-state index is 0.0445. The number of benzene rings is 1. The molecule has 2 nitrogen and oxygen atoms in total. The van der Waals surface area contributed by atoms with Gasteiger partial charge in [-0.3, -0.25) is 4.79 Å². The average molecular weight is 247 g/mol. The molecule has 1 aliphatic rings. The van der Waals surface area contributed by atoms with Crippen LogP contribution >= 0.6 is 0 Å². The van der Waals surface area contributed by atoms with E-state index in [9.17, 15) is 9.18 Å². The van der Waals surface area contributed by atoms with E-state index < -0.39 is 0 Å². The molecule has 0 saturated carbocycles. The molecule has 1 atom stereocenters. The standard InChI is InChI=1S/C15H18FNO/c1-4-10-7-11(8-15(18)17(2)3)14-9-12(16)5-6-13(10)14/h5-6,8-10H,4,7H2,1-3H3. The molecule has 0 saturated heterocycles. The minimum Gasteiger partial charge on any atom is -0.345 e. The monoisotopic (exact) mass is 247 g/mol. The fraction of sp³-hybridized carbons (Fsp3) is 0.400. The quantitative estimate of drug-likeness (QED) is 0.735. The van der Waals surface area contributed by atoms with Crippen LogP contribution in [-0.2, 0) is 4.79 Å². The third-order valence-electron chi connectivity index (χ3n) is 3.50. The van der Waals surface area contributed by atoms with Gasteiger partial charge in [-0.05, 0) is 47.6 Å². The third-order valence-corrected chi connectivity index (χ3v) is 3.50. The van der Waals surface area contributed by atoms with Gasteiger partial charge in [0.05, 0.1) is 0 Å². The van der Waals surface area contributed by atoms with E-state index in [0.29, 0.717) is 5.92 Å². The van der Waals surface area contributed by atoms with E-state index in [4.69, 9.17) is 0 Å². The van der Waals surface area contributed by atoms with Gasteiger partial charge in [0.25, 0.3) is 0 Å². The molecule has 1 aromatic carbocycles. The summed E-state index contributed by atoms with van der Waals surface area (Å²) in [6, 6.07) is 4.89. The van der Waals surface area contributed by atoms with Gasteiger partial charge in [0.1, 0.15) is 5.82 Å². The molecule has 3 heteroatoms. The Morgan fingerprint density at radius 2 is 2.22 bits per heavy atom. The highest BCUT2D eigenvalue weighted by Crippen LogP contribution is 2.42. The van der Waals surface area contributed by atoms with E-state index >= 15 is 0 Å². The molecule has 2 rings (SSSR count). The largest absolute Gasteiger partial charge is 0.345 e. The molecule has 0 radical (unpaired) electrons. The molecule has 1 unspecified atom stereocenters. The maximum absolute atomic E-state index is 13.3. The van der Waals surface area contributed by atoms with Gasteiger partial charge in [0.2, 0.25) is 5.91 Å². The first kappa shape index (κ1) is 12.8. The number of amides is 1. The summed E-state index contributed by atoms with van der Waals surface area (Å²) in [6.45, 7) is 2.12. The lowest BCUT2D eigenvalue weighted by atomic mass is 9.99. The molecule has 0 bridgehead atoms. The molecular formula is C15H18FNO. The number of nitrogens with zero attached hydrogens (tertiary/aromatic N) is 1. The van der Waals surface area contributed by atoms with Gasteiger partial charge in [0.15, 0.2) is 0 Å². The van der Waals surface area contributed by atoms with Gasteiger partial charge < -0.3 is 4.90 Å². The number of likely N-dealkylation sites (N-methyl/N-ethyl adjacent to an activating group) is 1. The van der Waals surface area contributed by atoms with Crippen molar-refractivity contribution in [3.8, 4) is 0 Å². The maximum atomic E-state index is 13.3. The van der Waals surface area contributed by atoms with Crippen LogP contribution in [0.3, 0.4) is 0 Å². The van der Waals surface area contributed by atoms with Crippen molar-refractivity contribution >= 4 is 11.5 Å². The van der Waals surface area contributed by atoms with Crippen LogP contribution in [0.4, 0.5) is 4.39 Å². The number of hydrogen-bond acceptors (Lipinski definition) is 1. The average Bonchev–Trinajstić information content (AvgIpc) is 2.66. The lowest BCUT2D eigenvalue weighted by Crippen LogP contribution is -2.19. The molecule has 0 heterocycles. The molecule has 0 spiro atoms.